The Labute approximate surface area is 108 Å². The fraction of sp³-hybridized carbons (Fsp3) is 0.167. The van der Waals surface area contributed by atoms with Gasteiger partial charge >= 0.3 is 5.97 Å². The Morgan fingerprint density at radius 3 is 2.78 bits per heavy atom. The highest BCUT2D eigenvalue weighted by Gasteiger charge is 2.18. The number of nitrogens with zero attached hydrogens (tertiary/aromatic N) is 2. The van der Waals surface area contributed by atoms with Crippen molar-refractivity contribution in [1.82, 2.24) is 9.78 Å². The SMILES string of the molecule is Cc1nn(-c2ccccc2F)c(Cl)c1CC(=O)O. The quantitative estimate of drug-likeness (QED) is 0.931. The molecule has 0 saturated heterocycles. The highest BCUT2D eigenvalue weighted by molar-refractivity contribution is 6.30. The third kappa shape index (κ3) is 2.22. The maximum atomic E-state index is 13.6. The number of rotatable bonds is 3. The van der Waals surface area contributed by atoms with Crippen molar-refractivity contribution in [2.45, 2.75) is 13.3 Å². The standard InChI is InChI=1S/C12H10ClFN2O2/c1-7-8(6-11(17)18)12(13)16(15-7)10-5-3-2-4-9(10)14/h2-5H,6H2,1H3,(H,17,18). The van der Waals surface area contributed by atoms with Crippen LogP contribution in [0, 0.1) is 12.7 Å². The van der Waals surface area contributed by atoms with E-state index in [0.717, 1.165) is 0 Å². The van der Waals surface area contributed by atoms with Gasteiger partial charge in [-0.25, -0.2) is 9.07 Å². The van der Waals surface area contributed by atoms with Crippen molar-refractivity contribution in [2.24, 2.45) is 0 Å². The summed E-state index contributed by atoms with van der Waals surface area (Å²) in [5.74, 6) is -1.48. The number of hydrogen-bond acceptors (Lipinski definition) is 2. The lowest BCUT2D eigenvalue weighted by Gasteiger charge is -2.04. The number of carboxylic acid groups (broad SMARTS) is 1. The molecule has 0 bridgehead atoms. The summed E-state index contributed by atoms with van der Waals surface area (Å²) in [7, 11) is 0. The summed E-state index contributed by atoms with van der Waals surface area (Å²) in [5.41, 5.74) is 1.07. The van der Waals surface area contributed by atoms with Gasteiger partial charge in [-0.3, -0.25) is 4.79 Å². The molecule has 0 radical (unpaired) electrons. The number of halogens is 2. The molecule has 6 heteroatoms. The molecule has 1 aromatic carbocycles. The van der Waals surface area contributed by atoms with Gasteiger partial charge in [-0.1, -0.05) is 23.7 Å². The first-order valence-electron chi connectivity index (χ1n) is 5.21. The normalized spacial score (nSPS) is 10.6. The van der Waals surface area contributed by atoms with E-state index in [0.29, 0.717) is 11.3 Å². The van der Waals surface area contributed by atoms with Gasteiger partial charge in [0.25, 0.3) is 0 Å². The molecule has 1 N–H and O–H groups in total. The Kier molecular flexibility index (Phi) is 3.34. The van der Waals surface area contributed by atoms with Crippen LogP contribution in [0.3, 0.4) is 0 Å². The van der Waals surface area contributed by atoms with E-state index in [4.69, 9.17) is 16.7 Å². The molecular weight excluding hydrogens is 259 g/mol. The van der Waals surface area contributed by atoms with E-state index in [1.165, 1.54) is 16.8 Å². The Morgan fingerprint density at radius 2 is 2.17 bits per heavy atom. The Morgan fingerprint density at radius 1 is 1.50 bits per heavy atom. The molecular formula is C12H10ClFN2O2. The average Bonchev–Trinajstić information content (AvgIpc) is 2.57. The third-order valence-corrected chi connectivity index (χ3v) is 2.92. The molecule has 94 valence electrons. The fourth-order valence-electron chi connectivity index (χ4n) is 1.67. The summed E-state index contributed by atoms with van der Waals surface area (Å²) in [6.07, 6.45) is -0.237. The molecule has 0 aliphatic heterocycles. The van der Waals surface area contributed by atoms with E-state index in [2.05, 4.69) is 5.10 Å². The zero-order valence-electron chi connectivity index (χ0n) is 9.52. The van der Waals surface area contributed by atoms with Gasteiger partial charge in [0.15, 0.2) is 0 Å². The Bertz CT molecular complexity index is 610. The van der Waals surface area contributed by atoms with Crippen molar-refractivity contribution >= 4 is 17.6 Å². The summed E-state index contributed by atoms with van der Waals surface area (Å²) in [6, 6.07) is 6.03. The van der Waals surface area contributed by atoms with Crippen LogP contribution in [0.25, 0.3) is 5.69 Å². The first kappa shape index (κ1) is 12.6. The number of aryl methyl sites for hydroxylation is 1. The predicted octanol–water partition coefficient (Wildman–Crippen LogP) is 2.60. The van der Waals surface area contributed by atoms with E-state index < -0.39 is 11.8 Å². The van der Waals surface area contributed by atoms with Crippen molar-refractivity contribution in [3.8, 4) is 5.69 Å². The van der Waals surface area contributed by atoms with Crippen LogP contribution in [0.15, 0.2) is 24.3 Å². The number of carbonyl (C=O) groups is 1. The minimum atomic E-state index is -1.01. The maximum absolute atomic E-state index is 13.6. The molecule has 0 saturated carbocycles. The van der Waals surface area contributed by atoms with Gasteiger partial charge in [0.05, 0.1) is 12.1 Å². The lowest BCUT2D eigenvalue weighted by molar-refractivity contribution is -0.136. The lowest BCUT2D eigenvalue weighted by atomic mass is 10.2. The van der Waals surface area contributed by atoms with Crippen LogP contribution in [0.2, 0.25) is 5.15 Å². The minimum Gasteiger partial charge on any atom is -0.481 e. The van der Waals surface area contributed by atoms with Crippen molar-refractivity contribution in [3.63, 3.8) is 0 Å². The molecule has 0 unspecified atom stereocenters. The smallest absolute Gasteiger partial charge is 0.308 e. The van der Waals surface area contributed by atoms with Crippen LogP contribution in [-0.4, -0.2) is 20.9 Å². The van der Waals surface area contributed by atoms with Gasteiger partial charge in [0.2, 0.25) is 0 Å². The topological polar surface area (TPSA) is 55.1 Å². The number of carboxylic acids is 1. The van der Waals surface area contributed by atoms with Gasteiger partial charge in [-0.2, -0.15) is 5.10 Å². The van der Waals surface area contributed by atoms with E-state index in [9.17, 15) is 9.18 Å². The zero-order valence-corrected chi connectivity index (χ0v) is 10.3. The average molecular weight is 269 g/mol. The van der Waals surface area contributed by atoms with E-state index in [1.54, 1.807) is 19.1 Å². The van der Waals surface area contributed by atoms with Gasteiger partial charge in [0, 0.05) is 5.56 Å². The molecule has 1 heterocycles. The summed E-state index contributed by atoms with van der Waals surface area (Å²) in [4.78, 5) is 10.7. The Balaban J connectivity index is 2.54. The zero-order chi connectivity index (χ0) is 13.3. The number of aliphatic carboxylic acids is 1. The predicted molar refractivity (Wildman–Crippen MR) is 64.6 cm³/mol. The molecule has 0 aliphatic carbocycles. The van der Waals surface area contributed by atoms with Crippen LogP contribution in [-0.2, 0) is 11.2 Å². The third-order valence-electron chi connectivity index (χ3n) is 2.53. The summed E-state index contributed by atoms with van der Waals surface area (Å²) < 4.78 is 14.8. The number of benzene rings is 1. The first-order chi connectivity index (χ1) is 8.50. The number of hydrogen-bond donors (Lipinski definition) is 1. The Hall–Kier alpha value is -1.88. The van der Waals surface area contributed by atoms with E-state index >= 15 is 0 Å². The van der Waals surface area contributed by atoms with Crippen molar-refractivity contribution in [1.29, 1.82) is 0 Å². The lowest BCUT2D eigenvalue weighted by Crippen LogP contribution is -2.02. The second-order valence-corrected chi connectivity index (χ2v) is 4.15. The van der Waals surface area contributed by atoms with Crippen LogP contribution >= 0.6 is 11.6 Å². The molecule has 0 aliphatic rings. The van der Waals surface area contributed by atoms with Gasteiger partial charge in [0.1, 0.15) is 16.7 Å². The molecule has 4 nitrogen and oxygen atoms in total. The van der Waals surface area contributed by atoms with Gasteiger partial charge < -0.3 is 5.11 Å². The van der Waals surface area contributed by atoms with Gasteiger partial charge in [-0.15, -0.1) is 0 Å². The highest BCUT2D eigenvalue weighted by atomic mass is 35.5. The number of para-hydroxylation sites is 1. The molecule has 1 aromatic heterocycles. The summed E-state index contributed by atoms with van der Waals surface area (Å²) in [5, 5.41) is 13.0. The van der Waals surface area contributed by atoms with E-state index in [1.807, 2.05) is 0 Å². The molecule has 0 spiro atoms. The van der Waals surface area contributed by atoms with E-state index in [-0.39, 0.29) is 17.3 Å². The second-order valence-electron chi connectivity index (χ2n) is 3.79. The molecule has 0 amide bonds. The van der Waals surface area contributed by atoms with Crippen LogP contribution in [0.5, 0.6) is 0 Å². The fourth-order valence-corrected chi connectivity index (χ4v) is 2.00. The summed E-state index contributed by atoms with van der Waals surface area (Å²) >= 11 is 6.05. The first-order valence-corrected chi connectivity index (χ1v) is 5.59. The van der Waals surface area contributed by atoms with Crippen molar-refractivity contribution in [3.05, 3.63) is 46.5 Å². The van der Waals surface area contributed by atoms with Crippen LogP contribution in [0.1, 0.15) is 11.3 Å². The highest BCUT2D eigenvalue weighted by Crippen LogP contribution is 2.25. The molecule has 18 heavy (non-hydrogen) atoms. The van der Waals surface area contributed by atoms with Crippen LogP contribution in [0.4, 0.5) is 4.39 Å². The molecule has 2 rings (SSSR count). The second kappa shape index (κ2) is 4.78. The molecule has 2 aromatic rings. The summed E-state index contributed by atoms with van der Waals surface area (Å²) in [6.45, 7) is 1.64. The van der Waals surface area contributed by atoms with Crippen molar-refractivity contribution in [2.75, 3.05) is 0 Å². The number of aromatic nitrogens is 2. The maximum Gasteiger partial charge on any atom is 0.308 e. The largest absolute Gasteiger partial charge is 0.481 e. The molecule has 0 fully saturated rings. The van der Waals surface area contributed by atoms with Crippen LogP contribution < -0.4 is 0 Å². The van der Waals surface area contributed by atoms with Crippen molar-refractivity contribution < 1.29 is 14.3 Å². The van der Waals surface area contributed by atoms with Gasteiger partial charge in [-0.05, 0) is 19.1 Å². The molecule has 0 atom stereocenters. The minimum absolute atomic E-state index is 0.125. The monoisotopic (exact) mass is 268 g/mol.